The Labute approximate surface area is 79.4 Å². The van der Waals surface area contributed by atoms with Gasteiger partial charge in [-0.25, -0.2) is 4.39 Å². The summed E-state index contributed by atoms with van der Waals surface area (Å²) in [7, 11) is 0. The van der Waals surface area contributed by atoms with Crippen LogP contribution in [0.1, 0.15) is 0 Å². The van der Waals surface area contributed by atoms with Gasteiger partial charge in [0.2, 0.25) is 0 Å². The first-order chi connectivity index (χ1) is 6.62. The molecule has 0 aromatic carbocycles. The summed E-state index contributed by atoms with van der Waals surface area (Å²) in [5, 5.41) is 8.38. The summed E-state index contributed by atoms with van der Waals surface area (Å²) < 4.78 is 18.2. The van der Waals surface area contributed by atoms with E-state index in [2.05, 4.69) is 4.74 Å². The Kier molecular flexibility index (Phi) is 1.92. The molecule has 0 aliphatic heterocycles. The molecule has 2 rings (SSSR count). The van der Waals surface area contributed by atoms with Crippen LogP contribution in [-0.4, -0.2) is 35.7 Å². The van der Waals surface area contributed by atoms with Gasteiger partial charge >= 0.3 is 5.97 Å². The van der Waals surface area contributed by atoms with Crippen molar-refractivity contribution in [2.75, 3.05) is 13.2 Å². The molecule has 5 heteroatoms. The average Bonchev–Trinajstić information content (AvgIpc) is 2.68. The first-order valence-corrected chi connectivity index (χ1v) is 4.31. The number of esters is 1. The topological polar surface area (TPSA) is 63.6 Å². The number of aliphatic hydroxyl groups is 1. The maximum absolute atomic E-state index is 13.6. The largest absolute Gasteiger partial charge is 0.463 e. The zero-order valence-corrected chi connectivity index (χ0v) is 7.27. The lowest BCUT2D eigenvalue weighted by Crippen LogP contribution is -2.22. The summed E-state index contributed by atoms with van der Waals surface area (Å²) in [5.41, 5.74) is -2.05. The fourth-order valence-electron chi connectivity index (χ4n) is 1.82. The highest BCUT2D eigenvalue weighted by Crippen LogP contribution is 2.59. The lowest BCUT2D eigenvalue weighted by molar-refractivity contribution is -0.148. The quantitative estimate of drug-likeness (QED) is 0.630. The van der Waals surface area contributed by atoms with E-state index >= 15 is 0 Å². The van der Waals surface area contributed by atoms with Crippen molar-refractivity contribution in [3.63, 3.8) is 0 Å². The van der Waals surface area contributed by atoms with Crippen molar-refractivity contribution in [1.29, 1.82) is 0 Å². The minimum Gasteiger partial charge on any atom is -0.463 e. The highest BCUT2D eigenvalue weighted by molar-refractivity contribution is 6.08. The standard InChI is InChI=1S/C9H9FO4/c10-9-5(1-2-6(9)12)7(9)8(13)14-4-3-11/h1-2,5,7,11H,3-4H2. The number of rotatable bonds is 3. The first kappa shape index (κ1) is 9.33. The van der Waals surface area contributed by atoms with Crippen LogP contribution in [0.25, 0.3) is 0 Å². The van der Waals surface area contributed by atoms with E-state index in [-0.39, 0.29) is 13.2 Å². The third kappa shape index (κ3) is 1.02. The van der Waals surface area contributed by atoms with Crippen molar-refractivity contribution < 1.29 is 23.8 Å². The molecule has 3 atom stereocenters. The van der Waals surface area contributed by atoms with Crippen LogP contribution in [0, 0.1) is 11.8 Å². The summed E-state index contributed by atoms with van der Waals surface area (Å²) in [5.74, 6) is -3.05. The van der Waals surface area contributed by atoms with E-state index in [9.17, 15) is 14.0 Å². The second kappa shape index (κ2) is 2.88. The molecule has 3 unspecified atom stereocenters. The molecule has 2 aliphatic carbocycles. The molecule has 0 radical (unpaired) electrons. The molecular formula is C9H9FO4. The van der Waals surface area contributed by atoms with Gasteiger partial charge in [-0.1, -0.05) is 6.08 Å². The minimum absolute atomic E-state index is 0.157. The Balaban J connectivity index is 2.01. The predicted octanol–water partition coefficient (Wildman–Crippen LogP) is -0.385. The second-order valence-electron chi connectivity index (χ2n) is 3.39. The summed E-state index contributed by atoms with van der Waals surface area (Å²) >= 11 is 0. The number of carbonyl (C=O) groups is 2. The number of ether oxygens (including phenoxy) is 1. The molecular weight excluding hydrogens is 191 g/mol. The van der Waals surface area contributed by atoms with Gasteiger partial charge in [-0.15, -0.1) is 0 Å². The molecule has 0 amide bonds. The molecule has 1 saturated carbocycles. The molecule has 76 valence electrons. The Morgan fingerprint density at radius 2 is 2.43 bits per heavy atom. The SMILES string of the molecule is O=C(OCCO)C1C2C=CC(=O)C21F. The normalized spacial score (nSPS) is 38.3. The number of allylic oxidation sites excluding steroid dienone is 2. The molecule has 0 spiro atoms. The Morgan fingerprint density at radius 1 is 1.71 bits per heavy atom. The smallest absolute Gasteiger partial charge is 0.313 e. The molecule has 0 saturated heterocycles. The summed E-state index contributed by atoms with van der Waals surface area (Å²) in [6.07, 6.45) is 2.55. The number of halogens is 1. The zero-order valence-electron chi connectivity index (χ0n) is 7.27. The van der Waals surface area contributed by atoms with Crippen LogP contribution in [0.15, 0.2) is 12.2 Å². The second-order valence-corrected chi connectivity index (χ2v) is 3.39. The van der Waals surface area contributed by atoms with Gasteiger partial charge in [-0.2, -0.15) is 0 Å². The van der Waals surface area contributed by atoms with E-state index in [1.807, 2.05) is 0 Å². The van der Waals surface area contributed by atoms with E-state index in [1.165, 1.54) is 6.08 Å². The van der Waals surface area contributed by atoms with Gasteiger partial charge < -0.3 is 9.84 Å². The number of hydrogen-bond donors (Lipinski definition) is 1. The van der Waals surface area contributed by atoms with Crippen molar-refractivity contribution in [3.8, 4) is 0 Å². The van der Waals surface area contributed by atoms with Crippen molar-refractivity contribution in [2.24, 2.45) is 11.8 Å². The van der Waals surface area contributed by atoms with Crippen LogP contribution in [0.4, 0.5) is 4.39 Å². The van der Waals surface area contributed by atoms with Crippen LogP contribution in [-0.2, 0) is 14.3 Å². The van der Waals surface area contributed by atoms with Crippen molar-refractivity contribution in [2.45, 2.75) is 5.67 Å². The van der Waals surface area contributed by atoms with Crippen molar-refractivity contribution >= 4 is 11.8 Å². The lowest BCUT2D eigenvalue weighted by atomic mass is 10.2. The number of hydrogen-bond acceptors (Lipinski definition) is 4. The number of fused-ring (bicyclic) bond motifs is 1. The van der Waals surface area contributed by atoms with Crippen LogP contribution in [0.2, 0.25) is 0 Å². The van der Waals surface area contributed by atoms with E-state index in [0.29, 0.717) is 0 Å². The number of alkyl halides is 1. The molecule has 4 nitrogen and oxygen atoms in total. The lowest BCUT2D eigenvalue weighted by Gasteiger charge is -2.03. The monoisotopic (exact) mass is 200 g/mol. The van der Waals surface area contributed by atoms with Gasteiger partial charge in [0.15, 0.2) is 11.5 Å². The van der Waals surface area contributed by atoms with Crippen LogP contribution in [0.3, 0.4) is 0 Å². The van der Waals surface area contributed by atoms with Crippen LogP contribution >= 0.6 is 0 Å². The molecule has 2 aliphatic rings. The molecule has 0 heterocycles. The first-order valence-electron chi connectivity index (χ1n) is 4.31. The maximum atomic E-state index is 13.6. The average molecular weight is 200 g/mol. The predicted molar refractivity (Wildman–Crippen MR) is 43.0 cm³/mol. The highest BCUT2D eigenvalue weighted by Gasteiger charge is 2.75. The van der Waals surface area contributed by atoms with Crippen LogP contribution in [0.5, 0.6) is 0 Å². The van der Waals surface area contributed by atoms with Gasteiger partial charge in [0.25, 0.3) is 0 Å². The van der Waals surface area contributed by atoms with Crippen molar-refractivity contribution in [3.05, 3.63) is 12.2 Å². The fourth-order valence-corrected chi connectivity index (χ4v) is 1.82. The molecule has 0 bridgehead atoms. The number of ketones is 1. The van der Waals surface area contributed by atoms with E-state index in [4.69, 9.17) is 5.11 Å². The third-order valence-electron chi connectivity index (χ3n) is 2.61. The molecule has 0 aromatic rings. The summed E-state index contributed by atoms with van der Waals surface area (Å²) in [6.45, 7) is -0.456. The van der Waals surface area contributed by atoms with Gasteiger partial charge in [0.1, 0.15) is 12.5 Å². The minimum atomic E-state index is -2.05. The van der Waals surface area contributed by atoms with Gasteiger partial charge in [-0.05, 0) is 6.08 Å². The highest BCUT2D eigenvalue weighted by atomic mass is 19.1. The zero-order chi connectivity index (χ0) is 10.3. The van der Waals surface area contributed by atoms with E-state index in [0.717, 1.165) is 6.08 Å². The van der Waals surface area contributed by atoms with Gasteiger partial charge in [0, 0.05) is 5.92 Å². The fraction of sp³-hybridized carbons (Fsp3) is 0.556. The summed E-state index contributed by atoms with van der Waals surface area (Å²) in [6, 6.07) is 0. The molecule has 1 fully saturated rings. The number of aliphatic hydroxyl groups excluding tert-OH is 1. The molecule has 14 heavy (non-hydrogen) atoms. The molecule has 1 N–H and O–H groups in total. The van der Waals surface area contributed by atoms with E-state index in [1.54, 1.807) is 0 Å². The molecule has 0 aromatic heterocycles. The maximum Gasteiger partial charge on any atom is 0.313 e. The Bertz CT molecular complexity index is 325. The van der Waals surface area contributed by atoms with Crippen LogP contribution < -0.4 is 0 Å². The van der Waals surface area contributed by atoms with Gasteiger partial charge in [0.05, 0.1) is 6.61 Å². The Hall–Kier alpha value is -1.23. The van der Waals surface area contributed by atoms with Gasteiger partial charge in [-0.3, -0.25) is 9.59 Å². The van der Waals surface area contributed by atoms with Crippen molar-refractivity contribution in [1.82, 2.24) is 0 Å². The summed E-state index contributed by atoms with van der Waals surface area (Å²) in [4.78, 5) is 22.2. The third-order valence-corrected chi connectivity index (χ3v) is 2.61. The Morgan fingerprint density at radius 3 is 2.93 bits per heavy atom. The number of carbonyl (C=O) groups excluding carboxylic acids is 2. The van der Waals surface area contributed by atoms with E-state index < -0.39 is 29.3 Å².